The summed E-state index contributed by atoms with van der Waals surface area (Å²) in [7, 11) is -1.79. The maximum Gasteiger partial charge on any atom is 0.246 e. The van der Waals surface area contributed by atoms with Crippen molar-refractivity contribution >= 4 is 21.5 Å². The van der Waals surface area contributed by atoms with Crippen LogP contribution in [0.15, 0.2) is 17.2 Å². The third-order valence-electron chi connectivity index (χ3n) is 5.61. The Bertz CT molecular complexity index is 977. The molecule has 2 fully saturated rings. The van der Waals surface area contributed by atoms with Gasteiger partial charge in [0.15, 0.2) is 5.82 Å². The number of aromatic nitrogens is 4. The summed E-state index contributed by atoms with van der Waals surface area (Å²) >= 11 is 0. The van der Waals surface area contributed by atoms with Crippen LogP contribution in [0.25, 0.3) is 0 Å². The van der Waals surface area contributed by atoms with Crippen LogP contribution in [0, 0.1) is 13.8 Å². The number of aryl methyl sites for hydroxylation is 2. The SMILES string of the molecule is Cc1nn(C)c(C)c1S(=O)(=O)N1CCN(c2cnnc(N3CCOCC3)c2)CC1. The van der Waals surface area contributed by atoms with E-state index in [1.165, 1.54) is 0 Å². The Labute approximate surface area is 171 Å². The average Bonchev–Trinajstić information content (AvgIpc) is 3.01. The fraction of sp³-hybridized carbons (Fsp3) is 0.611. The summed E-state index contributed by atoms with van der Waals surface area (Å²) in [5.41, 5.74) is 2.17. The molecule has 0 spiro atoms. The lowest BCUT2D eigenvalue weighted by Gasteiger charge is -2.35. The molecule has 0 saturated carbocycles. The maximum atomic E-state index is 13.2. The highest BCUT2D eigenvalue weighted by atomic mass is 32.2. The predicted octanol–water partition coefficient (Wildman–Crippen LogP) is 0.174. The van der Waals surface area contributed by atoms with Crippen molar-refractivity contribution in [2.24, 2.45) is 7.05 Å². The number of sulfonamides is 1. The van der Waals surface area contributed by atoms with E-state index in [0.717, 1.165) is 24.6 Å². The number of ether oxygens (including phenoxy) is 1. The minimum atomic E-state index is -3.56. The highest BCUT2D eigenvalue weighted by Crippen LogP contribution is 2.26. The van der Waals surface area contributed by atoms with Crippen LogP contribution in [-0.4, -0.2) is 85.2 Å². The van der Waals surface area contributed by atoms with Crippen molar-refractivity contribution in [3.63, 3.8) is 0 Å². The van der Waals surface area contributed by atoms with E-state index in [9.17, 15) is 8.42 Å². The summed E-state index contributed by atoms with van der Waals surface area (Å²) in [4.78, 5) is 4.65. The lowest BCUT2D eigenvalue weighted by atomic mass is 10.3. The van der Waals surface area contributed by atoms with Crippen LogP contribution in [0.1, 0.15) is 11.4 Å². The van der Waals surface area contributed by atoms with Crippen LogP contribution in [0.3, 0.4) is 0 Å². The zero-order valence-corrected chi connectivity index (χ0v) is 17.9. The minimum absolute atomic E-state index is 0.327. The third-order valence-corrected chi connectivity index (χ3v) is 7.76. The molecule has 2 aliphatic heterocycles. The average molecular weight is 422 g/mol. The summed E-state index contributed by atoms with van der Waals surface area (Å²) in [6, 6.07) is 2.03. The Morgan fingerprint density at radius 1 is 1.00 bits per heavy atom. The number of rotatable bonds is 4. The molecule has 2 saturated heterocycles. The van der Waals surface area contributed by atoms with Gasteiger partial charge in [-0.1, -0.05) is 0 Å². The van der Waals surface area contributed by atoms with E-state index in [1.54, 1.807) is 36.1 Å². The van der Waals surface area contributed by atoms with Gasteiger partial charge in [-0.15, -0.1) is 5.10 Å². The van der Waals surface area contributed by atoms with Crippen LogP contribution in [0.2, 0.25) is 0 Å². The first-order valence-corrected chi connectivity index (χ1v) is 11.2. The number of morpholine rings is 1. The van der Waals surface area contributed by atoms with Gasteiger partial charge in [0.05, 0.1) is 36.5 Å². The van der Waals surface area contributed by atoms with Crippen LogP contribution in [-0.2, 0) is 21.8 Å². The number of hydrogen-bond acceptors (Lipinski definition) is 8. The molecule has 2 aromatic rings. The standard InChI is InChI=1S/C18H27N7O3S/c1-14-18(15(2)22(3)21-14)29(26,27)25-6-4-23(5-7-25)16-12-17(20-19-13-16)24-8-10-28-11-9-24/h12-13H,4-11H2,1-3H3. The van der Waals surface area contributed by atoms with Gasteiger partial charge in [0.2, 0.25) is 10.0 Å². The second-order valence-electron chi connectivity index (χ2n) is 7.39. The monoisotopic (exact) mass is 421 g/mol. The first-order valence-electron chi connectivity index (χ1n) is 9.78. The molecule has 0 bridgehead atoms. The van der Waals surface area contributed by atoms with Crippen molar-refractivity contribution in [2.45, 2.75) is 18.7 Å². The largest absolute Gasteiger partial charge is 0.378 e. The van der Waals surface area contributed by atoms with E-state index in [2.05, 4.69) is 25.1 Å². The molecule has 11 heteroatoms. The molecule has 4 rings (SSSR count). The summed E-state index contributed by atoms with van der Waals surface area (Å²) < 4.78 is 34.9. The Hall–Kier alpha value is -2.24. The highest BCUT2D eigenvalue weighted by Gasteiger charge is 2.33. The smallest absolute Gasteiger partial charge is 0.246 e. The zero-order valence-electron chi connectivity index (χ0n) is 17.1. The van der Waals surface area contributed by atoms with Gasteiger partial charge in [0.25, 0.3) is 0 Å². The lowest BCUT2D eigenvalue weighted by molar-refractivity contribution is 0.122. The fourth-order valence-corrected chi connectivity index (χ4v) is 5.73. The van der Waals surface area contributed by atoms with Gasteiger partial charge in [-0.25, -0.2) is 8.42 Å². The van der Waals surface area contributed by atoms with E-state index in [-0.39, 0.29) is 0 Å². The predicted molar refractivity (Wildman–Crippen MR) is 109 cm³/mol. The van der Waals surface area contributed by atoms with Crippen LogP contribution in [0.5, 0.6) is 0 Å². The number of piperazine rings is 1. The molecule has 2 aromatic heterocycles. The molecule has 0 atom stereocenters. The van der Waals surface area contributed by atoms with Gasteiger partial charge in [0, 0.05) is 52.4 Å². The molecule has 0 aliphatic carbocycles. The molecule has 0 radical (unpaired) electrons. The normalized spacial score (nSPS) is 19.0. The quantitative estimate of drug-likeness (QED) is 0.690. The molecule has 29 heavy (non-hydrogen) atoms. The van der Waals surface area contributed by atoms with E-state index in [4.69, 9.17) is 4.74 Å². The molecule has 10 nitrogen and oxygen atoms in total. The molecular weight excluding hydrogens is 394 g/mol. The molecule has 0 amide bonds. The lowest BCUT2D eigenvalue weighted by Crippen LogP contribution is -2.49. The molecule has 2 aliphatic rings. The van der Waals surface area contributed by atoms with E-state index in [0.29, 0.717) is 55.7 Å². The third kappa shape index (κ3) is 3.81. The van der Waals surface area contributed by atoms with Gasteiger partial charge in [0.1, 0.15) is 4.90 Å². The summed E-state index contributed by atoms with van der Waals surface area (Å²) in [5, 5.41) is 12.7. The topological polar surface area (TPSA) is 96.7 Å². The molecule has 0 N–H and O–H groups in total. The van der Waals surface area contributed by atoms with E-state index in [1.807, 2.05) is 6.07 Å². The second kappa shape index (κ2) is 7.88. The van der Waals surface area contributed by atoms with Crippen LogP contribution >= 0.6 is 0 Å². The van der Waals surface area contributed by atoms with Crippen LogP contribution < -0.4 is 9.80 Å². The number of nitrogens with zero attached hydrogens (tertiary/aromatic N) is 7. The fourth-order valence-electron chi connectivity index (χ4n) is 3.91. The molecule has 4 heterocycles. The molecule has 158 valence electrons. The first kappa shape index (κ1) is 20.0. The molecule has 0 unspecified atom stereocenters. The summed E-state index contributed by atoms with van der Waals surface area (Å²) in [5.74, 6) is 0.836. The number of anilines is 2. The van der Waals surface area contributed by atoms with Crippen molar-refractivity contribution < 1.29 is 13.2 Å². The van der Waals surface area contributed by atoms with E-state index >= 15 is 0 Å². The first-order chi connectivity index (χ1) is 13.9. The Morgan fingerprint density at radius 2 is 1.69 bits per heavy atom. The highest BCUT2D eigenvalue weighted by molar-refractivity contribution is 7.89. The Balaban J connectivity index is 1.47. The van der Waals surface area contributed by atoms with Crippen LogP contribution in [0.4, 0.5) is 11.5 Å². The minimum Gasteiger partial charge on any atom is -0.378 e. The van der Waals surface area contributed by atoms with Crippen molar-refractivity contribution in [1.29, 1.82) is 0 Å². The van der Waals surface area contributed by atoms with Gasteiger partial charge in [-0.3, -0.25) is 4.68 Å². The van der Waals surface area contributed by atoms with Gasteiger partial charge in [-0.2, -0.15) is 14.5 Å². The van der Waals surface area contributed by atoms with Crippen molar-refractivity contribution in [3.8, 4) is 0 Å². The Kier molecular flexibility index (Phi) is 5.45. The van der Waals surface area contributed by atoms with Gasteiger partial charge in [-0.05, 0) is 13.8 Å². The molecule has 0 aromatic carbocycles. The van der Waals surface area contributed by atoms with Crippen molar-refractivity contribution in [2.75, 3.05) is 62.3 Å². The van der Waals surface area contributed by atoms with Gasteiger partial charge < -0.3 is 14.5 Å². The summed E-state index contributed by atoms with van der Waals surface area (Å²) in [6.07, 6.45) is 1.74. The van der Waals surface area contributed by atoms with Crippen molar-refractivity contribution in [1.82, 2.24) is 24.3 Å². The molecular formula is C18H27N7O3S. The zero-order chi connectivity index (χ0) is 20.6. The maximum absolute atomic E-state index is 13.2. The second-order valence-corrected chi connectivity index (χ2v) is 9.26. The van der Waals surface area contributed by atoms with Crippen molar-refractivity contribution in [3.05, 3.63) is 23.7 Å². The van der Waals surface area contributed by atoms with E-state index < -0.39 is 10.0 Å². The number of hydrogen-bond donors (Lipinski definition) is 0. The summed E-state index contributed by atoms with van der Waals surface area (Å²) in [6.45, 7) is 8.56. The Morgan fingerprint density at radius 3 is 2.31 bits per heavy atom. The van der Waals surface area contributed by atoms with Gasteiger partial charge >= 0.3 is 0 Å².